The first-order valence-electron chi connectivity index (χ1n) is 5.91. The lowest BCUT2D eigenvalue weighted by molar-refractivity contribution is -0.138. The van der Waals surface area contributed by atoms with Crippen LogP contribution in [0, 0.1) is 6.92 Å². The highest BCUT2D eigenvalue weighted by Crippen LogP contribution is 2.39. The third kappa shape index (κ3) is 3.45. The van der Waals surface area contributed by atoms with Crippen LogP contribution in [0.4, 0.5) is 13.2 Å². The summed E-state index contributed by atoms with van der Waals surface area (Å²) < 4.78 is 44.4. The maximum atomic E-state index is 13.0. The summed E-state index contributed by atoms with van der Waals surface area (Å²) in [5.41, 5.74) is 0.487. The molecule has 0 atom stereocenters. The molecular weight excluding hydrogens is 289 g/mol. The molecule has 2 aromatic rings. The number of alkyl halides is 4. The quantitative estimate of drug-likeness (QED) is 0.676. The lowest BCUT2D eigenvalue weighted by Crippen LogP contribution is -2.07. The second-order valence-corrected chi connectivity index (χ2v) is 4.65. The topological polar surface area (TPSA) is 9.23 Å². The summed E-state index contributed by atoms with van der Waals surface area (Å²) in [4.78, 5) is 0. The molecule has 0 fully saturated rings. The van der Waals surface area contributed by atoms with E-state index in [1.165, 1.54) is 12.1 Å². The molecule has 0 bridgehead atoms. The van der Waals surface area contributed by atoms with Gasteiger partial charge in [-0.1, -0.05) is 18.2 Å². The minimum atomic E-state index is -4.48. The summed E-state index contributed by atoms with van der Waals surface area (Å²) in [6.45, 7) is 1.84. The predicted molar refractivity (Wildman–Crippen MR) is 72.3 cm³/mol. The molecule has 20 heavy (non-hydrogen) atoms. The first-order valence-corrected chi connectivity index (χ1v) is 6.44. The average molecular weight is 301 g/mol. The molecule has 5 heteroatoms. The lowest BCUT2D eigenvalue weighted by atomic mass is 10.1. The van der Waals surface area contributed by atoms with Crippen molar-refractivity contribution in [2.45, 2.75) is 19.0 Å². The minimum Gasteiger partial charge on any atom is -0.457 e. The fourth-order valence-corrected chi connectivity index (χ4v) is 1.94. The van der Waals surface area contributed by atoms with E-state index in [0.29, 0.717) is 11.3 Å². The lowest BCUT2D eigenvalue weighted by Gasteiger charge is -2.15. The molecule has 0 radical (unpaired) electrons. The molecule has 0 unspecified atom stereocenters. The third-order valence-electron chi connectivity index (χ3n) is 2.72. The predicted octanol–water partition coefficient (Wildman–Crippen LogP) is 5.54. The molecule has 0 N–H and O–H groups in total. The number of hydrogen-bond acceptors (Lipinski definition) is 1. The highest BCUT2D eigenvalue weighted by Gasteiger charge is 2.34. The number of ether oxygens (including phenoxy) is 1. The molecule has 0 aromatic heterocycles. The molecule has 2 aromatic carbocycles. The molecule has 0 spiro atoms. The van der Waals surface area contributed by atoms with Crippen molar-refractivity contribution in [3.8, 4) is 11.5 Å². The molecule has 2 rings (SSSR count). The van der Waals surface area contributed by atoms with Crippen LogP contribution >= 0.6 is 11.6 Å². The Kier molecular flexibility index (Phi) is 4.23. The number of rotatable bonds is 3. The van der Waals surface area contributed by atoms with Gasteiger partial charge in [0, 0.05) is 5.88 Å². The van der Waals surface area contributed by atoms with Crippen molar-refractivity contribution < 1.29 is 17.9 Å². The molecular formula is C15H12ClF3O. The van der Waals surface area contributed by atoms with Crippen LogP contribution < -0.4 is 4.74 Å². The normalized spacial score (nSPS) is 11.4. The van der Waals surface area contributed by atoms with Crippen LogP contribution in [0.15, 0.2) is 42.5 Å². The van der Waals surface area contributed by atoms with Gasteiger partial charge < -0.3 is 4.74 Å². The number of halogens is 4. The van der Waals surface area contributed by atoms with E-state index in [1.807, 2.05) is 13.0 Å². The van der Waals surface area contributed by atoms with E-state index >= 15 is 0 Å². The molecule has 0 saturated carbocycles. The van der Waals surface area contributed by atoms with Crippen LogP contribution in [0.3, 0.4) is 0 Å². The Bertz CT molecular complexity index is 608. The van der Waals surface area contributed by atoms with Crippen molar-refractivity contribution >= 4 is 11.6 Å². The molecule has 106 valence electrons. The van der Waals surface area contributed by atoms with Crippen molar-refractivity contribution in [1.82, 2.24) is 0 Å². The van der Waals surface area contributed by atoms with Gasteiger partial charge in [-0.15, -0.1) is 11.6 Å². The molecule has 1 nitrogen and oxygen atoms in total. The van der Waals surface area contributed by atoms with Crippen LogP contribution in [0.5, 0.6) is 11.5 Å². The molecule has 0 heterocycles. The average Bonchev–Trinajstić information content (AvgIpc) is 2.38. The van der Waals surface area contributed by atoms with E-state index < -0.39 is 11.7 Å². The molecule has 0 aliphatic carbocycles. The minimum absolute atomic E-state index is 0.0216. The van der Waals surface area contributed by atoms with Gasteiger partial charge in [0.25, 0.3) is 0 Å². The Hall–Kier alpha value is -1.68. The highest BCUT2D eigenvalue weighted by molar-refractivity contribution is 6.17. The van der Waals surface area contributed by atoms with E-state index in [9.17, 15) is 13.2 Å². The zero-order valence-electron chi connectivity index (χ0n) is 10.7. The molecule has 0 saturated heterocycles. The summed E-state index contributed by atoms with van der Waals surface area (Å²) in [5, 5.41) is 0. The van der Waals surface area contributed by atoms with Gasteiger partial charge >= 0.3 is 6.18 Å². The number of benzene rings is 2. The van der Waals surface area contributed by atoms with Gasteiger partial charge in [-0.2, -0.15) is 13.2 Å². The van der Waals surface area contributed by atoms with Crippen LogP contribution in [0.25, 0.3) is 0 Å². The summed E-state index contributed by atoms with van der Waals surface area (Å²) >= 11 is 5.57. The summed E-state index contributed by atoms with van der Waals surface area (Å²) in [7, 11) is 0. The van der Waals surface area contributed by atoms with Crippen molar-refractivity contribution in [3.05, 3.63) is 59.2 Å². The van der Waals surface area contributed by atoms with Crippen LogP contribution in [0.1, 0.15) is 16.7 Å². The summed E-state index contributed by atoms with van der Waals surface area (Å²) in [6, 6.07) is 10.7. The fourth-order valence-electron chi connectivity index (χ4n) is 1.78. The zero-order chi connectivity index (χ0) is 14.8. The molecule has 0 aliphatic rings. The van der Waals surface area contributed by atoms with Gasteiger partial charge in [0.2, 0.25) is 0 Å². The van der Waals surface area contributed by atoms with E-state index in [4.69, 9.17) is 16.3 Å². The third-order valence-corrected chi connectivity index (χ3v) is 3.03. The van der Waals surface area contributed by atoms with Crippen LogP contribution in [-0.4, -0.2) is 0 Å². The number of hydrogen-bond donors (Lipinski definition) is 0. The maximum absolute atomic E-state index is 13.0. The van der Waals surface area contributed by atoms with Crippen molar-refractivity contribution in [2.24, 2.45) is 0 Å². The fraction of sp³-hybridized carbons (Fsp3) is 0.200. The van der Waals surface area contributed by atoms with Gasteiger partial charge in [0.1, 0.15) is 11.5 Å². The monoisotopic (exact) mass is 300 g/mol. The summed E-state index contributed by atoms with van der Waals surface area (Å²) in [6.07, 6.45) is -4.48. The Morgan fingerprint density at radius 2 is 1.85 bits per heavy atom. The van der Waals surface area contributed by atoms with E-state index in [0.717, 1.165) is 11.6 Å². The highest BCUT2D eigenvalue weighted by atomic mass is 35.5. The largest absolute Gasteiger partial charge is 0.457 e. The maximum Gasteiger partial charge on any atom is 0.419 e. The first kappa shape index (κ1) is 14.7. The van der Waals surface area contributed by atoms with Crippen LogP contribution in [0.2, 0.25) is 0 Å². The van der Waals surface area contributed by atoms with E-state index in [-0.39, 0.29) is 11.6 Å². The van der Waals surface area contributed by atoms with Crippen LogP contribution in [-0.2, 0) is 12.1 Å². The van der Waals surface area contributed by atoms with Gasteiger partial charge in [-0.05, 0) is 42.3 Å². The van der Waals surface area contributed by atoms with Gasteiger partial charge in [0.15, 0.2) is 0 Å². The Balaban J connectivity index is 2.41. The molecule has 0 aliphatic heterocycles. The Labute approximate surface area is 119 Å². The molecule has 0 amide bonds. The SMILES string of the molecule is Cc1cccc(Oc2ccc(CCl)cc2C(F)(F)F)c1. The standard InChI is InChI=1S/C15H12ClF3O/c1-10-3-2-4-12(7-10)20-14-6-5-11(9-16)8-13(14)15(17,18)19/h2-8H,9H2,1H3. The first-order chi connectivity index (χ1) is 9.40. The van der Waals surface area contributed by atoms with Gasteiger partial charge in [0.05, 0.1) is 5.56 Å². The zero-order valence-corrected chi connectivity index (χ0v) is 11.4. The van der Waals surface area contributed by atoms with E-state index in [1.54, 1.807) is 18.2 Å². The van der Waals surface area contributed by atoms with E-state index in [2.05, 4.69) is 0 Å². The van der Waals surface area contributed by atoms with Crippen molar-refractivity contribution in [1.29, 1.82) is 0 Å². The van der Waals surface area contributed by atoms with Crippen molar-refractivity contribution in [2.75, 3.05) is 0 Å². The van der Waals surface area contributed by atoms with Gasteiger partial charge in [-0.25, -0.2) is 0 Å². The second-order valence-electron chi connectivity index (χ2n) is 4.38. The number of aryl methyl sites for hydroxylation is 1. The smallest absolute Gasteiger partial charge is 0.419 e. The van der Waals surface area contributed by atoms with Gasteiger partial charge in [-0.3, -0.25) is 0 Å². The Morgan fingerprint density at radius 3 is 2.45 bits per heavy atom. The second kappa shape index (κ2) is 5.75. The van der Waals surface area contributed by atoms with Crippen molar-refractivity contribution in [3.63, 3.8) is 0 Å². The Morgan fingerprint density at radius 1 is 1.10 bits per heavy atom. The summed E-state index contributed by atoms with van der Waals surface area (Å²) in [5.74, 6) is 0.166.